The summed E-state index contributed by atoms with van der Waals surface area (Å²) >= 11 is 6.65. The Morgan fingerprint density at radius 1 is 0.944 bits per heavy atom. The first-order valence-electron chi connectivity index (χ1n) is 5.14. The number of nitrogen functional groups attached to an aromatic ring is 2. The van der Waals surface area contributed by atoms with Gasteiger partial charge >= 0.3 is 0 Å². The second-order valence-electron chi connectivity index (χ2n) is 3.80. The molecule has 0 aromatic heterocycles. The fraction of sp³-hybridized carbons (Fsp3) is 0. The number of benzene rings is 2. The van der Waals surface area contributed by atoms with E-state index < -0.39 is 0 Å². The molecule has 0 saturated carbocycles. The van der Waals surface area contributed by atoms with Gasteiger partial charge < -0.3 is 11.5 Å². The van der Waals surface area contributed by atoms with Crippen LogP contribution in [0.5, 0.6) is 0 Å². The summed E-state index contributed by atoms with van der Waals surface area (Å²) in [5.74, 6) is -0.0809. The summed E-state index contributed by atoms with van der Waals surface area (Å²) in [7, 11) is 0. The van der Waals surface area contributed by atoms with Crippen molar-refractivity contribution < 1.29 is 4.79 Å². The number of carbonyl (C=O) groups excluding carboxylic acids is 1. The Morgan fingerprint density at radius 2 is 1.67 bits per heavy atom. The molecule has 4 N–H and O–H groups in total. The monoisotopic (exact) mass is 368 g/mol. The molecule has 2 aromatic rings. The van der Waals surface area contributed by atoms with Gasteiger partial charge in [-0.1, -0.05) is 0 Å². The molecule has 0 radical (unpaired) electrons. The molecule has 18 heavy (non-hydrogen) atoms. The van der Waals surface area contributed by atoms with Gasteiger partial charge in [0.05, 0.1) is 0 Å². The smallest absolute Gasteiger partial charge is 0.194 e. The number of anilines is 2. The lowest BCUT2D eigenvalue weighted by molar-refractivity contribution is 0.103. The van der Waals surface area contributed by atoms with Crippen LogP contribution in [0.25, 0.3) is 0 Å². The molecular weight excluding hydrogens is 360 g/mol. The van der Waals surface area contributed by atoms with Crippen molar-refractivity contribution in [2.75, 3.05) is 11.5 Å². The van der Waals surface area contributed by atoms with Gasteiger partial charge in [-0.25, -0.2) is 0 Å². The van der Waals surface area contributed by atoms with E-state index >= 15 is 0 Å². The molecule has 0 aliphatic heterocycles. The number of nitrogens with two attached hydrogens (primary N) is 2. The van der Waals surface area contributed by atoms with E-state index in [1.165, 1.54) is 0 Å². The average molecular weight is 370 g/mol. The molecule has 2 aromatic carbocycles. The van der Waals surface area contributed by atoms with Crippen molar-refractivity contribution >= 4 is 49.0 Å². The highest BCUT2D eigenvalue weighted by molar-refractivity contribution is 9.11. The third-order valence-corrected chi connectivity index (χ3v) is 3.84. The van der Waals surface area contributed by atoms with Crippen molar-refractivity contribution in [2.24, 2.45) is 0 Å². The van der Waals surface area contributed by atoms with Gasteiger partial charge in [-0.15, -0.1) is 0 Å². The molecule has 92 valence electrons. The number of rotatable bonds is 2. The van der Waals surface area contributed by atoms with Gasteiger partial charge in [-0.3, -0.25) is 4.79 Å². The zero-order valence-electron chi connectivity index (χ0n) is 9.28. The van der Waals surface area contributed by atoms with Crippen molar-refractivity contribution in [3.63, 3.8) is 0 Å². The Kier molecular flexibility index (Phi) is 3.73. The summed E-state index contributed by atoms with van der Waals surface area (Å²) in [6, 6.07) is 10.2. The highest BCUT2D eigenvalue weighted by Crippen LogP contribution is 2.26. The van der Waals surface area contributed by atoms with Gasteiger partial charge in [0.15, 0.2) is 5.78 Å². The number of hydrogen-bond acceptors (Lipinski definition) is 3. The fourth-order valence-corrected chi connectivity index (χ4v) is 2.49. The van der Waals surface area contributed by atoms with Gasteiger partial charge in [0.1, 0.15) is 0 Å². The third-order valence-electron chi connectivity index (χ3n) is 2.50. The fourth-order valence-electron chi connectivity index (χ4n) is 1.54. The van der Waals surface area contributed by atoms with E-state index in [9.17, 15) is 4.79 Å². The summed E-state index contributed by atoms with van der Waals surface area (Å²) in [6.45, 7) is 0. The van der Waals surface area contributed by atoms with Crippen LogP contribution in [-0.2, 0) is 0 Å². The highest BCUT2D eigenvalue weighted by atomic mass is 79.9. The molecule has 0 fully saturated rings. The first-order valence-corrected chi connectivity index (χ1v) is 6.72. The minimum atomic E-state index is -0.0809. The van der Waals surface area contributed by atoms with Crippen molar-refractivity contribution in [3.05, 3.63) is 56.5 Å². The van der Waals surface area contributed by atoms with E-state index in [0.717, 1.165) is 0 Å². The number of halogens is 2. The second-order valence-corrected chi connectivity index (χ2v) is 5.51. The molecule has 0 saturated heterocycles. The minimum Gasteiger partial charge on any atom is -0.399 e. The molecule has 0 heterocycles. The zero-order chi connectivity index (χ0) is 13.3. The van der Waals surface area contributed by atoms with E-state index in [1.807, 2.05) is 0 Å². The molecule has 0 bridgehead atoms. The van der Waals surface area contributed by atoms with Gasteiger partial charge in [-0.2, -0.15) is 0 Å². The Balaban J connectivity index is 2.44. The van der Waals surface area contributed by atoms with Crippen LogP contribution in [0.4, 0.5) is 11.4 Å². The van der Waals surface area contributed by atoms with Crippen LogP contribution < -0.4 is 11.5 Å². The Bertz CT molecular complexity index is 626. The topological polar surface area (TPSA) is 69.1 Å². The van der Waals surface area contributed by atoms with E-state index in [-0.39, 0.29) is 5.78 Å². The molecule has 0 aliphatic carbocycles. The van der Waals surface area contributed by atoms with Crippen LogP contribution in [0.2, 0.25) is 0 Å². The van der Waals surface area contributed by atoms with Crippen molar-refractivity contribution in [3.8, 4) is 0 Å². The predicted octanol–water partition coefficient (Wildman–Crippen LogP) is 3.61. The van der Waals surface area contributed by atoms with Crippen LogP contribution in [0.3, 0.4) is 0 Å². The summed E-state index contributed by atoms with van der Waals surface area (Å²) < 4.78 is 1.39. The van der Waals surface area contributed by atoms with Crippen LogP contribution in [0.15, 0.2) is 45.3 Å². The lowest BCUT2D eigenvalue weighted by Crippen LogP contribution is -2.03. The molecule has 0 aliphatic rings. The molecule has 0 spiro atoms. The first kappa shape index (κ1) is 13.1. The quantitative estimate of drug-likeness (QED) is 0.627. The van der Waals surface area contributed by atoms with E-state index in [4.69, 9.17) is 11.5 Å². The van der Waals surface area contributed by atoms with Gasteiger partial charge in [0, 0.05) is 31.4 Å². The lowest BCUT2D eigenvalue weighted by Gasteiger charge is -2.06. The van der Waals surface area contributed by atoms with Crippen LogP contribution in [0, 0.1) is 0 Å². The Labute approximate surface area is 121 Å². The summed E-state index contributed by atoms with van der Waals surface area (Å²) in [5.41, 5.74) is 13.7. The molecular formula is C13H10Br2N2O. The van der Waals surface area contributed by atoms with Gasteiger partial charge in [0.2, 0.25) is 0 Å². The van der Waals surface area contributed by atoms with Gasteiger partial charge in [0.25, 0.3) is 0 Å². The van der Waals surface area contributed by atoms with E-state index in [1.54, 1.807) is 36.4 Å². The van der Waals surface area contributed by atoms with Crippen LogP contribution in [0.1, 0.15) is 15.9 Å². The average Bonchev–Trinajstić information content (AvgIpc) is 2.32. The van der Waals surface area contributed by atoms with E-state index in [2.05, 4.69) is 31.9 Å². The second kappa shape index (κ2) is 5.12. The SMILES string of the molecule is Nc1ccc(C(=O)c2ccc(N)c(Br)c2)c(Br)c1. The lowest BCUT2D eigenvalue weighted by atomic mass is 10.0. The van der Waals surface area contributed by atoms with Gasteiger partial charge in [-0.05, 0) is 68.3 Å². The van der Waals surface area contributed by atoms with Crippen LogP contribution >= 0.6 is 31.9 Å². The number of hydrogen-bond donors (Lipinski definition) is 2. The molecule has 0 amide bonds. The largest absolute Gasteiger partial charge is 0.399 e. The van der Waals surface area contributed by atoms with Crippen LogP contribution in [-0.4, -0.2) is 5.78 Å². The van der Waals surface area contributed by atoms with Crippen molar-refractivity contribution in [2.45, 2.75) is 0 Å². The van der Waals surface area contributed by atoms with E-state index in [0.29, 0.717) is 31.4 Å². The molecule has 2 rings (SSSR count). The molecule has 0 unspecified atom stereocenters. The molecule has 5 heteroatoms. The van der Waals surface area contributed by atoms with Crippen molar-refractivity contribution in [1.29, 1.82) is 0 Å². The maximum absolute atomic E-state index is 12.3. The third kappa shape index (κ3) is 2.57. The summed E-state index contributed by atoms with van der Waals surface area (Å²) in [5, 5.41) is 0. The maximum Gasteiger partial charge on any atom is 0.194 e. The molecule has 0 atom stereocenters. The standard InChI is InChI=1S/C13H10Br2N2O/c14-10-6-8(16)2-3-9(10)13(18)7-1-4-12(17)11(15)5-7/h1-6H,16-17H2. The predicted molar refractivity (Wildman–Crippen MR) is 80.5 cm³/mol. The van der Waals surface area contributed by atoms with Crippen molar-refractivity contribution in [1.82, 2.24) is 0 Å². The normalized spacial score (nSPS) is 10.3. The minimum absolute atomic E-state index is 0.0809. The Hall–Kier alpha value is -1.33. The first-order chi connectivity index (χ1) is 8.49. The number of carbonyl (C=O) groups is 1. The Morgan fingerprint density at radius 3 is 2.28 bits per heavy atom. The summed E-state index contributed by atoms with van der Waals surface area (Å²) in [4.78, 5) is 12.3. The maximum atomic E-state index is 12.3. The summed E-state index contributed by atoms with van der Waals surface area (Å²) in [6.07, 6.45) is 0. The molecule has 3 nitrogen and oxygen atoms in total. The zero-order valence-corrected chi connectivity index (χ0v) is 12.5. The highest BCUT2D eigenvalue weighted by Gasteiger charge is 2.13. The number of ketones is 1.